The van der Waals surface area contributed by atoms with Gasteiger partial charge in [0.05, 0.1) is 30.1 Å². The summed E-state index contributed by atoms with van der Waals surface area (Å²) in [6, 6.07) is 7.74. The van der Waals surface area contributed by atoms with Gasteiger partial charge in [-0.05, 0) is 32.5 Å². The Morgan fingerprint density at radius 1 is 1.07 bits per heavy atom. The lowest BCUT2D eigenvalue weighted by atomic mass is 10.2. The lowest BCUT2D eigenvalue weighted by Gasteiger charge is -2.18. The molecule has 0 saturated heterocycles. The van der Waals surface area contributed by atoms with Crippen molar-refractivity contribution < 1.29 is 0 Å². The van der Waals surface area contributed by atoms with Gasteiger partial charge in [-0.3, -0.25) is 14.4 Å². The Hall–Kier alpha value is -1.86. The molecular weight excluding hydrogens is 421 g/mol. The van der Waals surface area contributed by atoms with Crippen LogP contribution < -0.4 is 5.56 Å². The minimum Gasteiger partial charge on any atom is -0.283 e. The topological polar surface area (TPSA) is 56.0 Å². The first-order chi connectivity index (χ1) is 13.3. The van der Waals surface area contributed by atoms with Gasteiger partial charge in [0, 0.05) is 22.8 Å². The molecule has 6 nitrogen and oxygen atoms in total. The second-order valence-corrected chi connectivity index (χ2v) is 7.86. The smallest absolute Gasteiger partial charge is 0.283 e. The number of aromatic nitrogens is 4. The van der Waals surface area contributed by atoms with Crippen LogP contribution in [0.5, 0.6) is 0 Å². The zero-order valence-electron chi connectivity index (χ0n) is 15.8. The fraction of sp³-hybridized carbons (Fsp3) is 0.316. The molecule has 28 heavy (non-hydrogen) atoms. The van der Waals surface area contributed by atoms with Crippen LogP contribution in [0.3, 0.4) is 0 Å². The standard InChI is InChI=1S/C19H20Cl3N5O/c1-12-15(10-25(3)11-27-19(28)18(22)17(21)8-23-27)13(2)26(24-12)9-14-6-4-5-7-16(14)20/h4-8H,9-11H2,1-3H3. The summed E-state index contributed by atoms with van der Waals surface area (Å²) in [4.78, 5) is 14.1. The van der Waals surface area contributed by atoms with E-state index in [0.717, 1.165) is 27.5 Å². The molecule has 0 unspecified atom stereocenters. The summed E-state index contributed by atoms with van der Waals surface area (Å²) in [5, 5.41) is 9.55. The first-order valence-corrected chi connectivity index (χ1v) is 9.77. The third-order valence-electron chi connectivity index (χ3n) is 4.56. The second-order valence-electron chi connectivity index (χ2n) is 6.67. The van der Waals surface area contributed by atoms with Crippen molar-refractivity contribution in [3.63, 3.8) is 0 Å². The number of aryl methyl sites for hydroxylation is 1. The van der Waals surface area contributed by atoms with Crippen molar-refractivity contribution in [2.24, 2.45) is 0 Å². The maximum atomic E-state index is 12.2. The van der Waals surface area contributed by atoms with Crippen molar-refractivity contribution in [2.75, 3.05) is 7.05 Å². The van der Waals surface area contributed by atoms with E-state index in [1.54, 1.807) is 0 Å². The van der Waals surface area contributed by atoms with Gasteiger partial charge >= 0.3 is 0 Å². The summed E-state index contributed by atoms with van der Waals surface area (Å²) in [7, 11) is 1.90. The molecule has 1 aromatic carbocycles. The molecule has 0 atom stereocenters. The first kappa shape index (κ1) is 20.9. The average Bonchev–Trinajstić information content (AvgIpc) is 2.91. The molecule has 0 amide bonds. The number of nitrogens with zero attached hydrogens (tertiary/aromatic N) is 5. The molecule has 148 valence electrons. The summed E-state index contributed by atoms with van der Waals surface area (Å²) in [5.74, 6) is 0. The Morgan fingerprint density at radius 3 is 2.50 bits per heavy atom. The van der Waals surface area contributed by atoms with Gasteiger partial charge in [0.1, 0.15) is 5.02 Å². The van der Waals surface area contributed by atoms with E-state index >= 15 is 0 Å². The Kier molecular flexibility index (Phi) is 6.45. The van der Waals surface area contributed by atoms with E-state index in [-0.39, 0.29) is 16.7 Å². The molecule has 0 bridgehead atoms. The quantitative estimate of drug-likeness (QED) is 0.578. The number of halogens is 3. The van der Waals surface area contributed by atoms with E-state index in [4.69, 9.17) is 34.8 Å². The maximum Gasteiger partial charge on any atom is 0.288 e. The monoisotopic (exact) mass is 439 g/mol. The molecule has 0 saturated carbocycles. The first-order valence-electron chi connectivity index (χ1n) is 8.64. The predicted octanol–water partition coefficient (Wildman–Crippen LogP) is 4.15. The van der Waals surface area contributed by atoms with Crippen molar-refractivity contribution in [3.05, 3.63) is 78.4 Å². The van der Waals surface area contributed by atoms with Crippen LogP contribution in [-0.2, 0) is 19.8 Å². The molecule has 0 aliphatic rings. The number of hydrogen-bond donors (Lipinski definition) is 0. The highest BCUT2D eigenvalue weighted by Crippen LogP contribution is 2.20. The molecule has 9 heteroatoms. The van der Waals surface area contributed by atoms with Gasteiger partial charge in [-0.2, -0.15) is 10.2 Å². The van der Waals surface area contributed by atoms with Crippen molar-refractivity contribution in [3.8, 4) is 0 Å². The van der Waals surface area contributed by atoms with E-state index in [1.807, 2.05) is 54.7 Å². The predicted molar refractivity (Wildman–Crippen MR) is 112 cm³/mol. The highest BCUT2D eigenvalue weighted by Gasteiger charge is 2.16. The molecule has 2 heterocycles. The summed E-state index contributed by atoms with van der Waals surface area (Å²) < 4.78 is 3.23. The summed E-state index contributed by atoms with van der Waals surface area (Å²) >= 11 is 18.0. The van der Waals surface area contributed by atoms with Gasteiger partial charge in [0.2, 0.25) is 0 Å². The molecule has 3 aromatic rings. The van der Waals surface area contributed by atoms with Crippen LogP contribution in [0.4, 0.5) is 0 Å². The molecule has 0 radical (unpaired) electrons. The molecule has 0 N–H and O–H groups in total. The number of benzene rings is 1. The molecule has 0 spiro atoms. The third-order valence-corrected chi connectivity index (χ3v) is 5.67. The Labute approximate surface area is 178 Å². The highest BCUT2D eigenvalue weighted by atomic mass is 35.5. The van der Waals surface area contributed by atoms with Crippen molar-refractivity contribution in [2.45, 2.75) is 33.6 Å². The van der Waals surface area contributed by atoms with E-state index in [1.165, 1.54) is 10.9 Å². The summed E-state index contributed by atoms with van der Waals surface area (Å²) in [6.45, 7) is 5.50. The fourth-order valence-electron chi connectivity index (χ4n) is 3.00. The zero-order chi connectivity index (χ0) is 20.4. The largest absolute Gasteiger partial charge is 0.288 e. The Bertz CT molecular complexity index is 1060. The summed E-state index contributed by atoms with van der Waals surface area (Å²) in [6.07, 6.45) is 1.37. The molecule has 3 rings (SSSR count). The van der Waals surface area contributed by atoms with Gasteiger partial charge in [-0.15, -0.1) is 0 Å². The van der Waals surface area contributed by atoms with E-state index in [9.17, 15) is 4.79 Å². The van der Waals surface area contributed by atoms with Crippen LogP contribution in [0, 0.1) is 13.8 Å². The highest BCUT2D eigenvalue weighted by molar-refractivity contribution is 6.41. The van der Waals surface area contributed by atoms with Crippen LogP contribution in [-0.4, -0.2) is 31.5 Å². The van der Waals surface area contributed by atoms with Crippen molar-refractivity contribution in [1.82, 2.24) is 24.5 Å². The third kappa shape index (κ3) is 4.41. The Balaban J connectivity index is 1.78. The second kappa shape index (κ2) is 8.66. The lowest BCUT2D eigenvalue weighted by Crippen LogP contribution is -2.31. The molecule has 0 fully saturated rings. The summed E-state index contributed by atoms with van der Waals surface area (Å²) in [5.41, 5.74) is 3.69. The van der Waals surface area contributed by atoms with E-state index < -0.39 is 5.56 Å². The van der Waals surface area contributed by atoms with Gasteiger partial charge < -0.3 is 0 Å². The van der Waals surface area contributed by atoms with E-state index in [0.29, 0.717) is 13.1 Å². The fourth-order valence-corrected chi connectivity index (χ4v) is 3.47. The van der Waals surface area contributed by atoms with Crippen LogP contribution in [0.25, 0.3) is 0 Å². The van der Waals surface area contributed by atoms with Crippen molar-refractivity contribution in [1.29, 1.82) is 0 Å². The van der Waals surface area contributed by atoms with E-state index in [2.05, 4.69) is 10.2 Å². The molecule has 0 aliphatic carbocycles. The number of rotatable bonds is 6. The molecule has 0 aliphatic heterocycles. The lowest BCUT2D eigenvalue weighted by molar-refractivity contribution is 0.239. The van der Waals surface area contributed by atoms with Crippen molar-refractivity contribution >= 4 is 34.8 Å². The van der Waals surface area contributed by atoms with Gasteiger partial charge in [-0.1, -0.05) is 53.0 Å². The maximum absolute atomic E-state index is 12.2. The van der Waals surface area contributed by atoms with Crippen LogP contribution in [0.1, 0.15) is 22.5 Å². The zero-order valence-corrected chi connectivity index (χ0v) is 18.1. The molecule has 2 aromatic heterocycles. The minimum absolute atomic E-state index is 0.0232. The van der Waals surface area contributed by atoms with Crippen LogP contribution in [0.15, 0.2) is 35.3 Å². The van der Waals surface area contributed by atoms with Crippen LogP contribution >= 0.6 is 34.8 Å². The SMILES string of the molecule is Cc1nn(Cc2ccccc2Cl)c(C)c1CN(C)Cn1ncc(Cl)c(Cl)c1=O. The Morgan fingerprint density at radius 2 is 1.79 bits per heavy atom. The number of hydrogen-bond acceptors (Lipinski definition) is 4. The van der Waals surface area contributed by atoms with Crippen LogP contribution in [0.2, 0.25) is 15.1 Å². The van der Waals surface area contributed by atoms with Gasteiger partial charge in [0.15, 0.2) is 0 Å². The van der Waals surface area contributed by atoms with Gasteiger partial charge in [0.25, 0.3) is 5.56 Å². The molecular formula is C19H20Cl3N5O. The minimum atomic E-state index is -0.413. The average molecular weight is 441 g/mol. The normalized spacial score (nSPS) is 11.4. The van der Waals surface area contributed by atoms with Gasteiger partial charge in [-0.25, -0.2) is 4.68 Å².